The summed E-state index contributed by atoms with van der Waals surface area (Å²) < 4.78 is 26.3. The highest BCUT2D eigenvalue weighted by molar-refractivity contribution is 8.13. The van der Waals surface area contributed by atoms with E-state index in [2.05, 4.69) is 10.3 Å². The van der Waals surface area contributed by atoms with E-state index in [0.29, 0.717) is 6.54 Å². The lowest BCUT2D eigenvalue weighted by molar-refractivity contribution is -0.118. The number of aliphatic imine (C=N–C) groups is 1. The topological polar surface area (TPSA) is 41.5 Å². The van der Waals surface area contributed by atoms with Crippen molar-refractivity contribution in [2.24, 2.45) is 16.8 Å². The van der Waals surface area contributed by atoms with Crippen LogP contribution in [0.1, 0.15) is 12.5 Å². The third kappa shape index (κ3) is 4.25. The standard InChI is InChI=1S/C19H18F2N2OS/c1-12-10-22-19(25-11-13-5-3-2-4-6-13)17(12)18(24)23-14-7-8-15(20)16(21)9-14/h2-9,12,17H,10-11H2,1H3,(H,23,24). The number of nitrogens with zero attached hydrogens (tertiary/aromatic N) is 1. The summed E-state index contributed by atoms with van der Waals surface area (Å²) in [6.07, 6.45) is 0. The molecule has 0 radical (unpaired) electrons. The minimum atomic E-state index is -0.982. The van der Waals surface area contributed by atoms with Gasteiger partial charge in [-0.2, -0.15) is 0 Å². The highest BCUT2D eigenvalue weighted by Crippen LogP contribution is 2.30. The Morgan fingerprint density at radius 2 is 1.96 bits per heavy atom. The molecule has 0 bridgehead atoms. The van der Waals surface area contributed by atoms with E-state index in [9.17, 15) is 13.6 Å². The molecule has 1 N–H and O–H groups in total. The molecule has 0 aliphatic carbocycles. The van der Waals surface area contributed by atoms with Gasteiger partial charge in [-0.15, -0.1) is 11.8 Å². The van der Waals surface area contributed by atoms with Gasteiger partial charge in [0.05, 0.1) is 11.0 Å². The normalized spacial score (nSPS) is 19.6. The van der Waals surface area contributed by atoms with E-state index in [1.807, 2.05) is 37.3 Å². The summed E-state index contributed by atoms with van der Waals surface area (Å²) in [4.78, 5) is 17.1. The van der Waals surface area contributed by atoms with Gasteiger partial charge < -0.3 is 5.32 Å². The highest BCUT2D eigenvalue weighted by atomic mass is 32.2. The first kappa shape index (κ1) is 17.6. The minimum Gasteiger partial charge on any atom is -0.325 e. The molecule has 0 aromatic heterocycles. The molecule has 0 fully saturated rings. The number of rotatable bonds is 4. The monoisotopic (exact) mass is 360 g/mol. The molecular formula is C19H18F2N2OS. The fourth-order valence-corrected chi connectivity index (χ4v) is 3.90. The van der Waals surface area contributed by atoms with Gasteiger partial charge in [-0.3, -0.25) is 9.79 Å². The highest BCUT2D eigenvalue weighted by Gasteiger charge is 2.34. The molecule has 1 amide bonds. The molecule has 2 aromatic rings. The summed E-state index contributed by atoms with van der Waals surface area (Å²) in [6.45, 7) is 2.56. The lowest BCUT2D eigenvalue weighted by Gasteiger charge is -2.17. The van der Waals surface area contributed by atoms with Gasteiger partial charge in [0.1, 0.15) is 0 Å². The van der Waals surface area contributed by atoms with Gasteiger partial charge in [-0.05, 0) is 23.6 Å². The number of carbonyl (C=O) groups excluding carboxylic acids is 1. The van der Waals surface area contributed by atoms with E-state index >= 15 is 0 Å². The molecule has 0 saturated heterocycles. The second kappa shape index (κ2) is 7.78. The Balaban J connectivity index is 1.67. The SMILES string of the molecule is CC1CN=C(SCc2ccccc2)C1C(=O)Nc1ccc(F)c(F)c1. The molecule has 1 aliphatic heterocycles. The van der Waals surface area contributed by atoms with Gasteiger partial charge in [0.25, 0.3) is 0 Å². The number of benzene rings is 2. The number of hydrogen-bond donors (Lipinski definition) is 1. The van der Waals surface area contributed by atoms with Crippen molar-refractivity contribution in [2.45, 2.75) is 12.7 Å². The first-order valence-corrected chi connectivity index (χ1v) is 9.00. The van der Waals surface area contributed by atoms with Crippen LogP contribution in [0.25, 0.3) is 0 Å². The zero-order valence-corrected chi connectivity index (χ0v) is 14.5. The van der Waals surface area contributed by atoms with Crippen LogP contribution in [0, 0.1) is 23.5 Å². The summed E-state index contributed by atoms with van der Waals surface area (Å²) in [5.41, 5.74) is 1.41. The van der Waals surface area contributed by atoms with Crippen LogP contribution in [0.15, 0.2) is 53.5 Å². The Hall–Kier alpha value is -2.21. The molecule has 1 aliphatic rings. The molecule has 6 heteroatoms. The van der Waals surface area contributed by atoms with Gasteiger partial charge in [-0.25, -0.2) is 8.78 Å². The first-order chi connectivity index (χ1) is 12.0. The van der Waals surface area contributed by atoms with Crippen molar-refractivity contribution in [2.75, 3.05) is 11.9 Å². The summed E-state index contributed by atoms with van der Waals surface area (Å²) in [5, 5.41) is 3.46. The number of halogens is 2. The quantitative estimate of drug-likeness (QED) is 0.872. The van der Waals surface area contributed by atoms with Crippen molar-refractivity contribution in [1.29, 1.82) is 0 Å². The Labute approximate surface area is 149 Å². The predicted molar refractivity (Wildman–Crippen MR) is 97.7 cm³/mol. The maximum atomic E-state index is 13.3. The largest absolute Gasteiger partial charge is 0.325 e. The van der Waals surface area contributed by atoms with Crippen LogP contribution < -0.4 is 5.32 Å². The van der Waals surface area contributed by atoms with Gasteiger partial charge in [0.2, 0.25) is 5.91 Å². The molecule has 2 aromatic carbocycles. The molecular weight excluding hydrogens is 342 g/mol. The minimum absolute atomic E-state index is 0.0727. The summed E-state index contributed by atoms with van der Waals surface area (Å²) in [6, 6.07) is 13.3. The van der Waals surface area contributed by atoms with Crippen LogP contribution in [0.4, 0.5) is 14.5 Å². The van der Waals surface area contributed by atoms with Gasteiger partial charge in [-0.1, -0.05) is 37.3 Å². The smallest absolute Gasteiger partial charge is 0.234 e. The number of nitrogens with one attached hydrogen (secondary N) is 1. The van der Waals surface area contributed by atoms with E-state index in [1.54, 1.807) is 11.8 Å². The second-order valence-corrected chi connectivity index (χ2v) is 7.02. The zero-order chi connectivity index (χ0) is 17.8. The fourth-order valence-electron chi connectivity index (χ4n) is 2.71. The number of carbonyl (C=O) groups is 1. The molecule has 1 heterocycles. The van der Waals surface area contributed by atoms with Crippen molar-refractivity contribution in [3.8, 4) is 0 Å². The predicted octanol–water partition coefficient (Wildman–Crippen LogP) is 4.50. The Morgan fingerprint density at radius 3 is 2.68 bits per heavy atom. The van der Waals surface area contributed by atoms with E-state index < -0.39 is 11.6 Å². The summed E-state index contributed by atoms with van der Waals surface area (Å²) in [5.74, 6) is -1.72. The average Bonchev–Trinajstić information content (AvgIpc) is 2.98. The molecule has 0 spiro atoms. The van der Waals surface area contributed by atoms with Crippen LogP contribution in [0.2, 0.25) is 0 Å². The van der Waals surface area contributed by atoms with E-state index in [-0.39, 0.29) is 23.4 Å². The second-order valence-electron chi connectivity index (χ2n) is 6.03. The summed E-state index contributed by atoms with van der Waals surface area (Å²) in [7, 11) is 0. The molecule has 3 nitrogen and oxygen atoms in total. The number of anilines is 1. The average molecular weight is 360 g/mol. The van der Waals surface area contributed by atoms with E-state index in [0.717, 1.165) is 28.5 Å². The van der Waals surface area contributed by atoms with E-state index in [4.69, 9.17) is 0 Å². The van der Waals surface area contributed by atoms with Crippen LogP contribution in [0.5, 0.6) is 0 Å². The van der Waals surface area contributed by atoms with E-state index in [1.165, 1.54) is 6.07 Å². The van der Waals surface area contributed by atoms with Crippen LogP contribution >= 0.6 is 11.8 Å². The maximum absolute atomic E-state index is 13.3. The molecule has 130 valence electrons. The molecule has 2 atom stereocenters. The van der Waals surface area contributed by atoms with Crippen LogP contribution in [-0.4, -0.2) is 17.5 Å². The fraction of sp³-hybridized carbons (Fsp3) is 0.263. The van der Waals surface area contributed by atoms with Crippen molar-refractivity contribution < 1.29 is 13.6 Å². The zero-order valence-electron chi connectivity index (χ0n) is 13.7. The maximum Gasteiger partial charge on any atom is 0.234 e. The number of thioether (sulfide) groups is 1. The molecule has 3 rings (SSSR count). The first-order valence-electron chi connectivity index (χ1n) is 8.01. The summed E-state index contributed by atoms with van der Waals surface area (Å²) >= 11 is 1.55. The van der Waals surface area contributed by atoms with Gasteiger partial charge in [0.15, 0.2) is 11.6 Å². The van der Waals surface area contributed by atoms with Gasteiger partial charge >= 0.3 is 0 Å². The third-order valence-electron chi connectivity index (χ3n) is 4.07. The van der Waals surface area contributed by atoms with Crippen molar-refractivity contribution in [1.82, 2.24) is 0 Å². The van der Waals surface area contributed by atoms with Crippen LogP contribution in [0.3, 0.4) is 0 Å². The van der Waals surface area contributed by atoms with Gasteiger partial charge in [0, 0.05) is 24.1 Å². The van der Waals surface area contributed by atoms with Crippen molar-refractivity contribution in [3.63, 3.8) is 0 Å². The third-order valence-corrected chi connectivity index (χ3v) is 5.23. The Kier molecular flexibility index (Phi) is 5.48. The molecule has 2 unspecified atom stereocenters. The Morgan fingerprint density at radius 1 is 1.20 bits per heavy atom. The Bertz CT molecular complexity index is 795. The molecule has 0 saturated carbocycles. The van der Waals surface area contributed by atoms with Crippen molar-refractivity contribution >= 4 is 28.4 Å². The number of amides is 1. The lowest BCUT2D eigenvalue weighted by atomic mass is 9.97. The van der Waals surface area contributed by atoms with Crippen molar-refractivity contribution in [3.05, 3.63) is 65.7 Å². The van der Waals surface area contributed by atoms with Crippen LogP contribution in [-0.2, 0) is 10.5 Å². The number of hydrogen-bond acceptors (Lipinski definition) is 3. The lowest BCUT2D eigenvalue weighted by Crippen LogP contribution is -2.30. The molecule has 25 heavy (non-hydrogen) atoms.